The third kappa shape index (κ3) is 3.05. The second kappa shape index (κ2) is 8.46. The van der Waals surface area contributed by atoms with Crippen LogP contribution < -0.4 is 4.74 Å². The SMILES string of the molecule is C1=CC(c2ccccc2)(c2ccccc2)Oc2c3c(c4ccccc4c21)-c1ccccc1C1CCCCC31. The van der Waals surface area contributed by atoms with Crippen molar-refractivity contribution < 1.29 is 4.74 Å². The average Bonchev–Trinajstić information content (AvgIpc) is 3.01. The molecule has 0 spiro atoms. The average molecular weight is 491 g/mol. The second-order valence-corrected chi connectivity index (χ2v) is 11.1. The van der Waals surface area contributed by atoms with Gasteiger partial charge in [0.2, 0.25) is 0 Å². The Kier molecular flexibility index (Phi) is 4.88. The Hall–Kier alpha value is -4.10. The zero-order valence-electron chi connectivity index (χ0n) is 21.4. The van der Waals surface area contributed by atoms with Gasteiger partial charge in [-0.2, -0.15) is 0 Å². The quantitative estimate of drug-likeness (QED) is 0.239. The van der Waals surface area contributed by atoms with Gasteiger partial charge in [-0.05, 0) is 64.3 Å². The summed E-state index contributed by atoms with van der Waals surface area (Å²) in [5, 5.41) is 2.62. The lowest BCUT2D eigenvalue weighted by Gasteiger charge is -2.43. The second-order valence-electron chi connectivity index (χ2n) is 11.1. The smallest absolute Gasteiger partial charge is 0.178 e. The summed E-state index contributed by atoms with van der Waals surface area (Å²) >= 11 is 0. The van der Waals surface area contributed by atoms with E-state index in [1.54, 1.807) is 0 Å². The van der Waals surface area contributed by atoms with Crippen LogP contribution in [0.5, 0.6) is 5.75 Å². The van der Waals surface area contributed by atoms with Gasteiger partial charge in [-0.15, -0.1) is 0 Å². The van der Waals surface area contributed by atoms with Crippen LogP contribution in [0.3, 0.4) is 0 Å². The summed E-state index contributed by atoms with van der Waals surface area (Å²) in [6.45, 7) is 0. The number of fused-ring (bicyclic) bond motifs is 11. The van der Waals surface area contributed by atoms with Crippen molar-refractivity contribution in [3.05, 3.63) is 143 Å². The highest BCUT2D eigenvalue weighted by Crippen LogP contribution is 2.60. The van der Waals surface area contributed by atoms with Crippen LogP contribution in [0, 0.1) is 0 Å². The summed E-state index contributed by atoms with van der Waals surface area (Å²) in [6, 6.07) is 39.6. The molecule has 1 heterocycles. The van der Waals surface area contributed by atoms with Crippen LogP contribution in [0.4, 0.5) is 0 Å². The molecular weight excluding hydrogens is 460 g/mol. The Balaban J connectivity index is 1.48. The molecule has 0 amide bonds. The highest BCUT2D eigenvalue weighted by molar-refractivity contribution is 6.07. The summed E-state index contributed by atoms with van der Waals surface area (Å²) in [7, 11) is 0. The fourth-order valence-electron chi connectivity index (χ4n) is 7.52. The van der Waals surface area contributed by atoms with Crippen molar-refractivity contribution >= 4 is 16.8 Å². The number of hydrogen-bond donors (Lipinski definition) is 0. The Bertz CT molecular complexity index is 1660. The zero-order valence-corrected chi connectivity index (χ0v) is 21.4. The lowest BCUT2D eigenvalue weighted by atomic mass is 9.64. The largest absolute Gasteiger partial charge is 0.473 e. The van der Waals surface area contributed by atoms with Crippen molar-refractivity contribution in [3.8, 4) is 16.9 Å². The van der Waals surface area contributed by atoms with E-state index in [0.717, 1.165) is 16.9 Å². The van der Waals surface area contributed by atoms with Crippen molar-refractivity contribution in [2.45, 2.75) is 43.1 Å². The maximum Gasteiger partial charge on any atom is 0.178 e. The molecule has 38 heavy (non-hydrogen) atoms. The predicted molar refractivity (Wildman–Crippen MR) is 157 cm³/mol. The van der Waals surface area contributed by atoms with E-state index < -0.39 is 5.60 Å². The van der Waals surface area contributed by atoms with Crippen LogP contribution in [0.1, 0.15) is 65.3 Å². The van der Waals surface area contributed by atoms with Crippen molar-refractivity contribution in [1.82, 2.24) is 0 Å². The molecule has 5 aromatic rings. The van der Waals surface area contributed by atoms with Crippen LogP contribution in [-0.2, 0) is 5.60 Å². The molecule has 184 valence electrons. The van der Waals surface area contributed by atoms with Crippen molar-refractivity contribution in [1.29, 1.82) is 0 Å². The standard InChI is InChI=1S/C37H30O/c1-3-13-25(14-4-1)37(26-15-5-2-6-16-26)24-23-33-29-19-9-11-21-31(29)34-30-20-10-7-17-27(30)28-18-8-12-22-32(28)35(34)36(33)38-37/h1-7,9-11,13-17,19-21,23-24,28,32H,8,12,18,22H2. The molecule has 2 aliphatic carbocycles. The number of rotatable bonds is 2. The van der Waals surface area contributed by atoms with E-state index in [1.165, 1.54) is 64.3 Å². The Morgan fingerprint density at radius 1 is 0.605 bits per heavy atom. The molecule has 3 aliphatic rings. The van der Waals surface area contributed by atoms with Gasteiger partial charge in [-0.1, -0.05) is 122 Å². The highest BCUT2D eigenvalue weighted by Gasteiger charge is 2.43. The molecule has 0 aromatic heterocycles. The molecule has 0 bridgehead atoms. The Labute approximate surface area is 224 Å². The molecule has 0 N–H and O–H groups in total. The molecule has 1 nitrogen and oxygen atoms in total. The maximum absolute atomic E-state index is 7.48. The molecule has 0 saturated heterocycles. The molecule has 1 aliphatic heterocycles. The maximum atomic E-state index is 7.48. The van der Waals surface area contributed by atoms with Crippen LogP contribution in [0.15, 0.2) is 115 Å². The summed E-state index contributed by atoms with van der Waals surface area (Å²) in [4.78, 5) is 0. The molecule has 5 aromatic carbocycles. The molecule has 1 heteroatoms. The van der Waals surface area contributed by atoms with E-state index in [1.807, 2.05) is 0 Å². The minimum absolute atomic E-state index is 0.475. The van der Waals surface area contributed by atoms with E-state index in [2.05, 4.69) is 121 Å². The lowest BCUT2D eigenvalue weighted by Crippen LogP contribution is -2.35. The van der Waals surface area contributed by atoms with Crippen molar-refractivity contribution in [2.24, 2.45) is 0 Å². The lowest BCUT2D eigenvalue weighted by molar-refractivity contribution is 0.157. The van der Waals surface area contributed by atoms with Gasteiger partial charge >= 0.3 is 0 Å². The third-order valence-electron chi connectivity index (χ3n) is 9.16. The minimum atomic E-state index is -0.674. The van der Waals surface area contributed by atoms with Gasteiger partial charge in [0, 0.05) is 22.3 Å². The van der Waals surface area contributed by atoms with E-state index >= 15 is 0 Å². The summed E-state index contributed by atoms with van der Waals surface area (Å²) < 4.78 is 7.48. The molecule has 1 fully saturated rings. The molecule has 2 atom stereocenters. The van der Waals surface area contributed by atoms with Crippen LogP contribution in [-0.4, -0.2) is 0 Å². The van der Waals surface area contributed by atoms with Crippen LogP contribution in [0.2, 0.25) is 0 Å². The van der Waals surface area contributed by atoms with E-state index in [9.17, 15) is 0 Å². The first kappa shape index (κ1) is 21.9. The normalized spacial score (nSPS) is 20.5. The molecule has 0 radical (unpaired) electrons. The molecule has 8 rings (SSSR count). The van der Waals surface area contributed by atoms with Gasteiger partial charge in [-0.3, -0.25) is 0 Å². The number of hydrogen-bond acceptors (Lipinski definition) is 1. The first-order chi connectivity index (χ1) is 18.9. The van der Waals surface area contributed by atoms with Gasteiger partial charge in [0.15, 0.2) is 5.60 Å². The number of ether oxygens (including phenoxy) is 1. The van der Waals surface area contributed by atoms with E-state index in [0.29, 0.717) is 11.8 Å². The van der Waals surface area contributed by atoms with Gasteiger partial charge in [0.1, 0.15) is 5.75 Å². The fraction of sp³-hybridized carbons (Fsp3) is 0.189. The zero-order chi connectivity index (χ0) is 25.1. The predicted octanol–water partition coefficient (Wildman–Crippen LogP) is 9.61. The fourth-order valence-corrected chi connectivity index (χ4v) is 7.52. The monoisotopic (exact) mass is 490 g/mol. The third-order valence-corrected chi connectivity index (χ3v) is 9.16. The molecule has 1 saturated carbocycles. The summed E-state index contributed by atoms with van der Waals surface area (Å²) in [5.74, 6) is 2.11. The Morgan fingerprint density at radius 3 is 1.95 bits per heavy atom. The van der Waals surface area contributed by atoms with Crippen molar-refractivity contribution in [2.75, 3.05) is 0 Å². The first-order valence-corrected chi connectivity index (χ1v) is 14.0. The van der Waals surface area contributed by atoms with Gasteiger partial charge in [0.25, 0.3) is 0 Å². The Morgan fingerprint density at radius 2 is 1.21 bits per heavy atom. The summed E-state index contributed by atoms with van der Waals surface area (Å²) in [5.41, 5.74) is 8.62. The van der Waals surface area contributed by atoms with Gasteiger partial charge in [0.05, 0.1) is 0 Å². The van der Waals surface area contributed by atoms with Crippen LogP contribution in [0.25, 0.3) is 28.0 Å². The summed E-state index contributed by atoms with van der Waals surface area (Å²) in [6.07, 6.45) is 9.68. The van der Waals surface area contributed by atoms with E-state index in [-0.39, 0.29) is 0 Å². The first-order valence-electron chi connectivity index (χ1n) is 14.0. The van der Waals surface area contributed by atoms with Crippen LogP contribution >= 0.6 is 0 Å². The highest BCUT2D eigenvalue weighted by atomic mass is 16.5. The van der Waals surface area contributed by atoms with Crippen molar-refractivity contribution in [3.63, 3.8) is 0 Å². The molecule has 2 unspecified atom stereocenters. The van der Waals surface area contributed by atoms with Gasteiger partial charge < -0.3 is 4.74 Å². The topological polar surface area (TPSA) is 9.23 Å². The molecular formula is C37H30O. The van der Waals surface area contributed by atoms with Gasteiger partial charge in [-0.25, -0.2) is 0 Å². The van der Waals surface area contributed by atoms with E-state index in [4.69, 9.17) is 4.74 Å². The minimum Gasteiger partial charge on any atom is -0.473 e. The number of benzene rings is 5.